The lowest BCUT2D eigenvalue weighted by Crippen LogP contribution is -2.42. The van der Waals surface area contributed by atoms with Crippen LogP contribution < -0.4 is 5.32 Å². The number of nitrogens with zero attached hydrogens (tertiary/aromatic N) is 1. The zero-order chi connectivity index (χ0) is 16.8. The molecule has 2 aromatic rings. The Morgan fingerprint density at radius 1 is 1.04 bits per heavy atom. The predicted octanol–water partition coefficient (Wildman–Crippen LogP) is 5.17. The lowest BCUT2D eigenvalue weighted by molar-refractivity contribution is 0.175. The third-order valence-electron chi connectivity index (χ3n) is 4.56. The van der Waals surface area contributed by atoms with Gasteiger partial charge in [-0.1, -0.05) is 73.0 Å². The molecule has 1 aliphatic rings. The average Bonchev–Trinajstić information content (AvgIpc) is 2.87. The summed E-state index contributed by atoms with van der Waals surface area (Å²) in [5, 5.41) is 3.80. The SMILES string of the molecule is O=C(NCc1ccccc1)N1CCCCCC1c1ccccc1Cl. The number of rotatable bonds is 3. The van der Waals surface area contributed by atoms with Crippen LogP contribution in [-0.4, -0.2) is 17.5 Å². The standard InChI is InChI=1S/C20H23ClN2O/c21-18-12-7-6-11-17(18)19-13-5-2-8-14-23(19)20(24)22-15-16-9-3-1-4-10-16/h1,3-4,6-7,9-12,19H,2,5,8,13-15H2,(H,22,24). The summed E-state index contributed by atoms with van der Waals surface area (Å²) in [6, 6.07) is 17.9. The van der Waals surface area contributed by atoms with Crippen molar-refractivity contribution in [1.82, 2.24) is 10.2 Å². The molecule has 1 saturated heterocycles. The highest BCUT2D eigenvalue weighted by molar-refractivity contribution is 6.31. The molecule has 0 aliphatic carbocycles. The van der Waals surface area contributed by atoms with Gasteiger partial charge in [0.2, 0.25) is 0 Å². The van der Waals surface area contributed by atoms with E-state index >= 15 is 0 Å². The summed E-state index contributed by atoms with van der Waals surface area (Å²) in [7, 11) is 0. The molecule has 0 aromatic heterocycles. The molecule has 1 aliphatic heterocycles. The van der Waals surface area contributed by atoms with Crippen molar-refractivity contribution in [1.29, 1.82) is 0 Å². The van der Waals surface area contributed by atoms with E-state index in [0.29, 0.717) is 6.54 Å². The third-order valence-corrected chi connectivity index (χ3v) is 4.91. The number of amides is 2. The molecule has 2 amide bonds. The fourth-order valence-electron chi connectivity index (χ4n) is 3.30. The van der Waals surface area contributed by atoms with Gasteiger partial charge in [0.25, 0.3) is 0 Å². The number of hydrogen-bond acceptors (Lipinski definition) is 1. The van der Waals surface area contributed by atoms with Gasteiger partial charge in [-0.3, -0.25) is 0 Å². The Hall–Kier alpha value is -2.00. The molecule has 126 valence electrons. The minimum atomic E-state index is -0.00864. The second kappa shape index (κ2) is 8.20. The van der Waals surface area contributed by atoms with Gasteiger partial charge in [-0.2, -0.15) is 0 Å². The second-order valence-corrected chi connectivity index (χ2v) is 6.63. The first kappa shape index (κ1) is 16.8. The molecule has 4 heteroatoms. The Bertz CT molecular complexity index is 674. The van der Waals surface area contributed by atoms with Crippen LogP contribution in [0.4, 0.5) is 4.79 Å². The smallest absolute Gasteiger partial charge is 0.318 e. The average molecular weight is 343 g/mol. The van der Waals surface area contributed by atoms with Gasteiger partial charge in [-0.15, -0.1) is 0 Å². The molecular formula is C20H23ClN2O. The van der Waals surface area contributed by atoms with Crippen molar-refractivity contribution in [3.05, 3.63) is 70.7 Å². The van der Waals surface area contributed by atoms with Crippen molar-refractivity contribution in [3.8, 4) is 0 Å². The lowest BCUT2D eigenvalue weighted by Gasteiger charge is -2.31. The van der Waals surface area contributed by atoms with Crippen LogP contribution >= 0.6 is 11.6 Å². The summed E-state index contributed by atoms with van der Waals surface area (Å²) in [4.78, 5) is 14.7. The van der Waals surface area contributed by atoms with Crippen molar-refractivity contribution >= 4 is 17.6 Å². The first-order chi connectivity index (χ1) is 11.8. The first-order valence-electron chi connectivity index (χ1n) is 8.58. The Morgan fingerprint density at radius 3 is 2.58 bits per heavy atom. The Kier molecular flexibility index (Phi) is 5.76. The van der Waals surface area contributed by atoms with E-state index in [1.807, 2.05) is 59.5 Å². The third kappa shape index (κ3) is 4.09. The van der Waals surface area contributed by atoms with E-state index in [2.05, 4.69) is 5.32 Å². The van der Waals surface area contributed by atoms with Crippen molar-refractivity contribution in [2.24, 2.45) is 0 Å². The number of hydrogen-bond donors (Lipinski definition) is 1. The summed E-state index contributed by atoms with van der Waals surface area (Å²) in [5.41, 5.74) is 2.16. The molecule has 0 spiro atoms. The zero-order valence-electron chi connectivity index (χ0n) is 13.7. The van der Waals surface area contributed by atoms with E-state index in [1.54, 1.807) is 0 Å². The molecule has 3 nitrogen and oxygen atoms in total. The molecule has 1 fully saturated rings. The maximum Gasteiger partial charge on any atom is 0.318 e. The highest BCUT2D eigenvalue weighted by Gasteiger charge is 2.27. The predicted molar refractivity (Wildman–Crippen MR) is 98.0 cm³/mol. The molecule has 24 heavy (non-hydrogen) atoms. The first-order valence-corrected chi connectivity index (χ1v) is 8.96. The minimum Gasteiger partial charge on any atom is -0.334 e. The van der Waals surface area contributed by atoms with Crippen LogP contribution in [0, 0.1) is 0 Å². The van der Waals surface area contributed by atoms with Gasteiger partial charge in [0.1, 0.15) is 0 Å². The number of carbonyl (C=O) groups excluding carboxylic acids is 1. The maximum absolute atomic E-state index is 12.8. The number of benzene rings is 2. The summed E-state index contributed by atoms with van der Waals surface area (Å²) in [5.74, 6) is 0. The highest BCUT2D eigenvalue weighted by Crippen LogP contribution is 2.34. The minimum absolute atomic E-state index is 0.00864. The Labute approximate surface area is 148 Å². The van der Waals surface area contributed by atoms with Crippen LogP contribution in [0.25, 0.3) is 0 Å². The molecule has 1 atom stereocenters. The number of likely N-dealkylation sites (tertiary alicyclic amines) is 1. The summed E-state index contributed by atoms with van der Waals surface area (Å²) >= 11 is 6.40. The number of carbonyl (C=O) groups is 1. The Morgan fingerprint density at radius 2 is 1.79 bits per heavy atom. The molecular weight excluding hydrogens is 320 g/mol. The zero-order valence-corrected chi connectivity index (χ0v) is 14.5. The van der Waals surface area contributed by atoms with Crippen LogP contribution in [0.15, 0.2) is 54.6 Å². The van der Waals surface area contributed by atoms with Gasteiger partial charge < -0.3 is 10.2 Å². The number of halogens is 1. The topological polar surface area (TPSA) is 32.3 Å². The van der Waals surface area contributed by atoms with E-state index in [4.69, 9.17) is 11.6 Å². The van der Waals surface area contributed by atoms with Crippen LogP contribution in [0.2, 0.25) is 5.02 Å². The Balaban J connectivity index is 1.74. The maximum atomic E-state index is 12.8. The van der Waals surface area contributed by atoms with E-state index in [1.165, 1.54) is 0 Å². The van der Waals surface area contributed by atoms with Gasteiger partial charge in [0.15, 0.2) is 0 Å². The van der Waals surface area contributed by atoms with Gasteiger partial charge >= 0.3 is 6.03 Å². The monoisotopic (exact) mass is 342 g/mol. The molecule has 1 heterocycles. The normalized spacial score (nSPS) is 18.0. The largest absolute Gasteiger partial charge is 0.334 e. The molecule has 2 aromatic carbocycles. The quantitative estimate of drug-likeness (QED) is 0.820. The van der Waals surface area contributed by atoms with Crippen LogP contribution in [0.3, 0.4) is 0 Å². The van der Waals surface area contributed by atoms with Gasteiger partial charge in [-0.25, -0.2) is 4.79 Å². The van der Waals surface area contributed by atoms with E-state index in [-0.39, 0.29) is 12.1 Å². The fourth-order valence-corrected chi connectivity index (χ4v) is 3.56. The summed E-state index contributed by atoms with van der Waals surface area (Å²) in [6.07, 6.45) is 4.28. The molecule has 0 saturated carbocycles. The molecule has 3 rings (SSSR count). The van der Waals surface area contributed by atoms with Crippen molar-refractivity contribution in [2.45, 2.75) is 38.3 Å². The van der Waals surface area contributed by atoms with Crippen molar-refractivity contribution in [3.63, 3.8) is 0 Å². The van der Waals surface area contributed by atoms with E-state index in [9.17, 15) is 4.79 Å². The van der Waals surface area contributed by atoms with Gasteiger partial charge in [0, 0.05) is 18.1 Å². The molecule has 0 bridgehead atoms. The highest BCUT2D eigenvalue weighted by atomic mass is 35.5. The van der Waals surface area contributed by atoms with E-state index in [0.717, 1.165) is 48.4 Å². The van der Waals surface area contributed by atoms with E-state index < -0.39 is 0 Å². The summed E-state index contributed by atoms with van der Waals surface area (Å²) in [6.45, 7) is 1.32. The van der Waals surface area contributed by atoms with Crippen LogP contribution in [0.1, 0.15) is 42.9 Å². The number of nitrogens with one attached hydrogen (secondary N) is 1. The van der Waals surface area contributed by atoms with Crippen molar-refractivity contribution < 1.29 is 4.79 Å². The molecule has 1 N–H and O–H groups in total. The summed E-state index contributed by atoms with van der Waals surface area (Å²) < 4.78 is 0. The van der Waals surface area contributed by atoms with Crippen LogP contribution in [0.5, 0.6) is 0 Å². The second-order valence-electron chi connectivity index (χ2n) is 6.22. The number of urea groups is 1. The fraction of sp³-hybridized carbons (Fsp3) is 0.350. The van der Waals surface area contributed by atoms with Gasteiger partial charge in [-0.05, 0) is 30.0 Å². The molecule has 0 radical (unpaired) electrons. The van der Waals surface area contributed by atoms with Crippen LogP contribution in [-0.2, 0) is 6.54 Å². The molecule has 1 unspecified atom stereocenters. The lowest BCUT2D eigenvalue weighted by atomic mass is 10.0. The van der Waals surface area contributed by atoms with Gasteiger partial charge in [0.05, 0.1) is 6.04 Å². The van der Waals surface area contributed by atoms with Crippen molar-refractivity contribution in [2.75, 3.05) is 6.54 Å².